The third kappa shape index (κ3) is 5.52. The minimum absolute atomic E-state index is 0.0523. The number of anilines is 1. The van der Waals surface area contributed by atoms with Crippen LogP contribution in [0.3, 0.4) is 0 Å². The van der Waals surface area contributed by atoms with Gasteiger partial charge in [-0.25, -0.2) is 9.59 Å². The molecular weight excluding hydrogens is 368 g/mol. The number of nitrogens with one attached hydrogen (secondary N) is 1. The number of hydrogen-bond acceptors (Lipinski definition) is 8. The van der Waals surface area contributed by atoms with Gasteiger partial charge in [0.05, 0.1) is 29.8 Å². The van der Waals surface area contributed by atoms with Crippen molar-refractivity contribution in [2.24, 2.45) is 0 Å². The molecule has 9 heteroatoms. The fourth-order valence-electron chi connectivity index (χ4n) is 2.34. The van der Waals surface area contributed by atoms with Gasteiger partial charge in [-0.2, -0.15) is 0 Å². The van der Waals surface area contributed by atoms with Gasteiger partial charge < -0.3 is 19.5 Å². The van der Waals surface area contributed by atoms with Crippen LogP contribution in [0.25, 0.3) is 0 Å². The third-order valence-electron chi connectivity index (χ3n) is 3.80. The van der Waals surface area contributed by atoms with Gasteiger partial charge in [-0.1, -0.05) is 12.1 Å². The lowest BCUT2D eigenvalue weighted by atomic mass is 10.1. The van der Waals surface area contributed by atoms with Crippen molar-refractivity contribution in [1.29, 1.82) is 0 Å². The maximum absolute atomic E-state index is 12.5. The van der Waals surface area contributed by atoms with Crippen LogP contribution in [0.1, 0.15) is 26.3 Å². The first-order chi connectivity index (χ1) is 13.5. The molecule has 0 bridgehead atoms. The van der Waals surface area contributed by atoms with Crippen molar-refractivity contribution in [2.75, 3.05) is 32.7 Å². The Morgan fingerprint density at radius 1 is 1.07 bits per heavy atom. The number of nitro benzene ring substituents is 1. The van der Waals surface area contributed by atoms with Crippen LogP contribution in [-0.2, 0) is 20.8 Å². The van der Waals surface area contributed by atoms with E-state index in [1.54, 1.807) is 24.3 Å². The van der Waals surface area contributed by atoms with Crippen LogP contribution >= 0.6 is 0 Å². The van der Waals surface area contributed by atoms with E-state index < -0.39 is 16.9 Å². The summed E-state index contributed by atoms with van der Waals surface area (Å²) in [6.45, 7) is 0.766. The molecule has 0 aliphatic rings. The summed E-state index contributed by atoms with van der Waals surface area (Å²) in [6, 6.07) is 10.3. The van der Waals surface area contributed by atoms with Gasteiger partial charge in [-0.15, -0.1) is 0 Å². The number of non-ortho nitro benzene ring substituents is 1. The minimum Gasteiger partial charge on any atom is -0.465 e. The van der Waals surface area contributed by atoms with E-state index in [0.717, 1.165) is 6.07 Å². The van der Waals surface area contributed by atoms with Crippen molar-refractivity contribution in [3.63, 3.8) is 0 Å². The Kier molecular flexibility index (Phi) is 7.46. The fraction of sp³-hybridized carbons (Fsp3) is 0.263. The number of nitrogens with zero attached hydrogens (tertiary/aromatic N) is 1. The van der Waals surface area contributed by atoms with E-state index in [-0.39, 0.29) is 17.9 Å². The molecule has 9 nitrogen and oxygen atoms in total. The van der Waals surface area contributed by atoms with Gasteiger partial charge in [0.1, 0.15) is 6.61 Å². The zero-order valence-electron chi connectivity index (χ0n) is 15.5. The minimum atomic E-state index is -0.708. The van der Waals surface area contributed by atoms with E-state index in [9.17, 15) is 19.7 Å². The normalized spacial score (nSPS) is 10.2. The Bertz CT molecular complexity index is 850. The highest BCUT2D eigenvalue weighted by atomic mass is 16.6. The summed E-state index contributed by atoms with van der Waals surface area (Å²) in [5.74, 6) is -1.17. The maximum Gasteiger partial charge on any atom is 0.340 e. The van der Waals surface area contributed by atoms with Crippen LogP contribution in [0.15, 0.2) is 42.5 Å². The highest BCUT2D eigenvalue weighted by molar-refractivity contribution is 5.96. The number of methoxy groups -OCH3 is 2. The number of ether oxygens (including phenoxy) is 3. The molecule has 0 fully saturated rings. The Labute approximate surface area is 161 Å². The van der Waals surface area contributed by atoms with Crippen molar-refractivity contribution in [3.8, 4) is 0 Å². The number of benzene rings is 2. The number of carbonyl (C=O) groups is 2. The van der Waals surface area contributed by atoms with Gasteiger partial charge >= 0.3 is 11.9 Å². The molecule has 0 atom stereocenters. The molecule has 0 saturated heterocycles. The summed E-state index contributed by atoms with van der Waals surface area (Å²) in [7, 11) is 2.83. The largest absolute Gasteiger partial charge is 0.465 e. The van der Waals surface area contributed by atoms with Gasteiger partial charge in [0.2, 0.25) is 0 Å². The summed E-state index contributed by atoms with van der Waals surface area (Å²) in [6.07, 6.45) is 0. The number of esters is 2. The molecule has 0 aromatic heterocycles. The summed E-state index contributed by atoms with van der Waals surface area (Å²) in [4.78, 5) is 34.3. The number of rotatable bonds is 9. The van der Waals surface area contributed by atoms with Crippen LogP contribution in [0.2, 0.25) is 0 Å². The highest BCUT2D eigenvalue weighted by Gasteiger charge is 2.18. The van der Waals surface area contributed by atoms with E-state index in [4.69, 9.17) is 9.47 Å². The monoisotopic (exact) mass is 388 g/mol. The number of carbonyl (C=O) groups excluding carboxylic acids is 2. The first kappa shape index (κ1) is 20.8. The lowest BCUT2D eigenvalue weighted by Crippen LogP contribution is -2.13. The van der Waals surface area contributed by atoms with Gasteiger partial charge in [0, 0.05) is 31.5 Å². The Morgan fingerprint density at radius 2 is 1.79 bits per heavy atom. The highest BCUT2D eigenvalue weighted by Crippen LogP contribution is 2.23. The second kappa shape index (κ2) is 10.0. The molecule has 2 aromatic rings. The van der Waals surface area contributed by atoms with Crippen molar-refractivity contribution >= 4 is 23.3 Å². The molecule has 2 rings (SSSR count). The molecular formula is C19H20N2O7. The van der Waals surface area contributed by atoms with Crippen molar-refractivity contribution in [1.82, 2.24) is 0 Å². The third-order valence-corrected chi connectivity index (χ3v) is 3.80. The predicted octanol–water partition coefficient (Wildman–Crippen LogP) is 2.80. The fourth-order valence-corrected chi connectivity index (χ4v) is 2.34. The van der Waals surface area contributed by atoms with Crippen molar-refractivity contribution in [3.05, 3.63) is 69.3 Å². The van der Waals surface area contributed by atoms with Gasteiger partial charge in [-0.05, 0) is 23.8 Å². The van der Waals surface area contributed by atoms with Crippen LogP contribution in [0, 0.1) is 10.1 Å². The number of hydrogen-bond donors (Lipinski definition) is 1. The van der Waals surface area contributed by atoms with Crippen LogP contribution in [0.5, 0.6) is 0 Å². The van der Waals surface area contributed by atoms with Crippen molar-refractivity contribution < 1.29 is 28.7 Å². The Balaban J connectivity index is 2.11. The first-order valence-electron chi connectivity index (χ1n) is 8.32. The van der Waals surface area contributed by atoms with Crippen molar-refractivity contribution in [2.45, 2.75) is 6.61 Å². The number of nitro groups is 1. The zero-order chi connectivity index (χ0) is 20.5. The molecule has 2 aromatic carbocycles. The smallest absolute Gasteiger partial charge is 0.340 e. The molecule has 0 aliphatic heterocycles. The average molecular weight is 388 g/mol. The van der Waals surface area contributed by atoms with E-state index >= 15 is 0 Å². The van der Waals surface area contributed by atoms with Crippen LogP contribution in [-0.4, -0.2) is 44.2 Å². The summed E-state index contributed by atoms with van der Waals surface area (Å²) in [5.41, 5.74) is 1.28. The molecule has 0 aliphatic carbocycles. The molecule has 1 N–H and O–H groups in total. The summed E-state index contributed by atoms with van der Waals surface area (Å²) < 4.78 is 14.8. The topological polar surface area (TPSA) is 117 Å². The van der Waals surface area contributed by atoms with E-state index in [1.807, 2.05) is 0 Å². The maximum atomic E-state index is 12.5. The summed E-state index contributed by atoms with van der Waals surface area (Å²) >= 11 is 0. The molecule has 0 amide bonds. The lowest BCUT2D eigenvalue weighted by Gasteiger charge is -2.12. The van der Waals surface area contributed by atoms with Gasteiger partial charge in [0.15, 0.2) is 0 Å². The molecule has 0 unspecified atom stereocenters. The second-order valence-corrected chi connectivity index (χ2v) is 5.67. The van der Waals surface area contributed by atoms with Gasteiger partial charge in [-0.3, -0.25) is 10.1 Å². The Hall–Kier alpha value is -3.46. The van der Waals surface area contributed by atoms with E-state index in [0.29, 0.717) is 30.0 Å². The van der Waals surface area contributed by atoms with Crippen LogP contribution < -0.4 is 5.32 Å². The molecule has 0 radical (unpaired) electrons. The molecule has 0 saturated carbocycles. The van der Waals surface area contributed by atoms with E-state index in [2.05, 4.69) is 10.1 Å². The zero-order valence-corrected chi connectivity index (χ0v) is 15.5. The SMILES string of the molecule is COCCNc1ccc([N+](=O)[O-])cc1C(=O)OCc1ccc(C(=O)OC)cc1. The average Bonchev–Trinajstić information content (AvgIpc) is 2.72. The van der Waals surface area contributed by atoms with E-state index in [1.165, 1.54) is 26.4 Å². The Morgan fingerprint density at radius 3 is 2.39 bits per heavy atom. The summed E-state index contributed by atoms with van der Waals surface area (Å²) in [5, 5.41) is 14.0. The standard InChI is InChI=1S/C19H20N2O7/c1-26-10-9-20-17-8-7-15(21(24)25)11-16(17)19(23)28-12-13-3-5-14(6-4-13)18(22)27-2/h3-8,11,20H,9-10,12H2,1-2H3. The molecule has 28 heavy (non-hydrogen) atoms. The van der Waals surface area contributed by atoms with Crippen LogP contribution in [0.4, 0.5) is 11.4 Å². The molecule has 0 spiro atoms. The molecule has 0 heterocycles. The first-order valence-corrected chi connectivity index (χ1v) is 8.32. The lowest BCUT2D eigenvalue weighted by molar-refractivity contribution is -0.384. The predicted molar refractivity (Wildman–Crippen MR) is 100 cm³/mol. The van der Waals surface area contributed by atoms with Gasteiger partial charge in [0.25, 0.3) is 5.69 Å². The quantitative estimate of drug-likeness (QED) is 0.302. The second-order valence-electron chi connectivity index (χ2n) is 5.67. The molecule has 148 valence electrons.